The average Bonchev–Trinajstić information content (AvgIpc) is 2.48. The Hall–Kier alpha value is -0.930. The van der Waals surface area contributed by atoms with E-state index in [1.54, 1.807) is 0 Å². The van der Waals surface area contributed by atoms with Crippen molar-refractivity contribution in [2.75, 3.05) is 26.2 Å². The lowest BCUT2D eigenvalue weighted by atomic mass is 10.2. The molecule has 0 radical (unpaired) electrons. The summed E-state index contributed by atoms with van der Waals surface area (Å²) in [6.45, 7) is 12.1. The minimum Gasteiger partial charge on any atom is -0.317 e. The fraction of sp³-hybridized carbons (Fsp3) is 0.722. The molecule has 0 bridgehead atoms. The number of hydrogen-bond donors (Lipinski definition) is 1. The molecule has 0 atom stereocenters. The van der Waals surface area contributed by atoms with E-state index >= 15 is 0 Å². The van der Waals surface area contributed by atoms with E-state index < -0.39 is 0 Å². The van der Waals surface area contributed by atoms with Crippen molar-refractivity contribution in [2.24, 2.45) is 0 Å². The Morgan fingerprint density at radius 1 is 1.05 bits per heavy atom. The van der Waals surface area contributed by atoms with Crippen LogP contribution in [0.2, 0.25) is 0 Å². The largest absolute Gasteiger partial charge is 0.317 e. The molecule has 0 fully saturated rings. The van der Waals surface area contributed by atoms with Gasteiger partial charge in [-0.25, -0.2) is 0 Å². The van der Waals surface area contributed by atoms with Crippen molar-refractivity contribution in [1.29, 1.82) is 0 Å². The number of aryl methyl sites for hydroxylation is 1. The minimum absolute atomic E-state index is 0.982. The van der Waals surface area contributed by atoms with Crippen LogP contribution >= 0.6 is 0 Å². The van der Waals surface area contributed by atoms with Gasteiger partial charge in [0, 0.05) is 12.2 Å². The van der Waals surface area contributed by atoms with Crippen LogP contribution in [0.25, 0.3) is 0 Å². The van der Waals surface area contributed by atoms with Gasteiger partial charge in [-0.3, -0.25) is 9.88 Å². The number of hydrogen-bond acceptors (Lipinski definition) is 3. The summed E-state index contributed by atoms with van der Waals surface area (Å²) < 4.78 is 0. The van der Waals surface area contributed by atoms with Crippen molar-refractivity contribution in [1.82, 2.24) is 15.2 Å². The van der Waals surface area contributed by atoms with Crippen molar-refractivity contribution >= 4 is 0 Å². The monoisotopic (exact) mass is 291 g/mol. The molecule has 1 aromatic rings. The number of rotatable bonds is 12. The molecule has 1 N–H and O–H groups in total. The third-order valence-corrected chi connectivity index (χ3v) is 3.78. The second-order valence-electron chi connectivity index (χ2n) is 5.80. The van der Waals surface area contributed by atoms with Crippen LogP contribution in [-0.2, 0) is 6.54 Å². The zero-order chi connectivity index (χ0) is 15.3. The lowest BCUT2D eigenvalue weighted by Crippen LogP contribution is -2.24. The maximum Gasteiger partial charge on any atom is 0.0547 e. The topological polar surface area (TPSA) is 28.2 Å². The van der Waals surface area contributed by atoms with Crippen molar-refractivity contribution in [2.45, 2.75) is 59.4 Å². The smallest absolute Gasteiger partial charge is 0.0547 e. The van der Waals surface area contributed by atoms with Crippen LogP contribution in [0.1, 0.15) is 57.3 Å². The number of unbranched alkanes of at least 4 members (excludes halogenated alkanes) is 3. The van der Waals surface area contributed by atoms with Crippen molar-refractivity contribution in [3.8, 4) is 0 Å². The highest BCUT2D eigenvalue weighted by molar-refractivity contribution is 5.09. The zero-order valence-corrected chi connectivity index (χ0v) is 14.2. The zero-order valence-electron chi connectivity index (χ0n) is 14.2. The minimum atomic E-state index is 0.982. The lowest BCUT2D eigenvalue weighted by Gasteiger charge is -2.20. The fourth-order valence-corrected chi connectivity index (χ4v) is 2.51. The number of pyridine rings is 1. The second-order valence-corrected chi connectivity index (χ2v) is 5.80. The molecule has 0 spiro atoms. The Bertz CT molecular complexity index is 365. The molecule has 3 heteroatoms. The highest BCUT2D eigenvalue weighted by atomic mass is 15.1. The summed E-state index contributed by atoms with van der Waals surface area (Å²) in [5.74, 6) is 0. The lowest BCUT2D eigenvalue weighted by molar-refractivity contribution is 0.269. The molecule has 0 amide bonds. The molecule has 0 aliphatic heterocycles. The molecule has 0 saturated heterocycles. The van der Waals surface area contributed by atoms with E-state index in [1.165, 1.54) is 50.9 Å². The van der Waals surface area contributed by atoms with Crippen LogP contribution in [0, 0.1) is 6.92 Å². The van der Waals surface area contributed by atoms with Gasteiger partial charge in [0.25, 0.3) is 0 Å². The van der Waals surface area contributed by atoms with Gasteiger partial charge in [0.05, 0.1) is 5.69 Å². The maximum atomic E-state index is 4.60. The van der Waals surface area contributed by atoms with Crippen LogP contribution in [0.15, 0.2) is 18.2 Å². The normalized spacial score (nSPS) is 11.2. The summed E-state index contributed by atoms with van der Waals surface area (Å²) in [4.78, 5) is 7.09. The van der Waals surface area contributed by atoms with Crippen LogP contribution < -0.4 is 5.32 Å². The first-order valence-electron chi connectivity index (χ1n) is 8.61. The molecule has 0 aliphatic rings. The van der Waals surface area contributed by atoms with Gasteiger partial charge in [0.1, 0.15) is 0 Å². The summed E-state index contributed by atoms with van der Waals surface area (Å²) in [5, 5.41) is 3.47. The summed E-state index contributed by atoms with van der Waals surface area (Å²) in [7, 11) is 0. The average molecular weight is 291 g/mol. The fourth-order valence-electron chi connectivity index (χ4n) is 2.51. The third-order valence-electron chi connectivity index (χ3n) is 3.78. The first-order chi connectivity index (χ1) is 10.3. The predicted octanol–water partition coefficient (Wildman–Crippen LogP) is 3.77. The molecular weight excluding hydrogens is 258 g/mol. The van der Waals surface area contributed by atoms with Gasteiger partial charge in [-0.2, -0.15) is 0 Å². The number of aromatic nitrogens is 1. The molecule has 0 aliphatic carbocycles. The number of nitrogens with one attached hydrogen (secondary N) is 1. The van der Waals surface area contributed by atoms with Crippen molar-refractivity contribution in [3.63, 3.8) is 0 Å². The van der Waals surface area contributed by atoms with Crippen LogP contribution in [0.5, 0.6) is 0 Å². The van der Waals surface area contributed by atoms with Gasteiger partial charge in [-0.15, -0.1) is 0 Å². The Morgan fingerprint density at radius 2 is 1.86 bits per heavy atom. The molecule has 1 aromatic heterocycles. The standard InChI is InChI=1S/C18H33N3/c1-4-13-19-14-8-6-7-9-15-21(5-2)16-18-12-10-11-17(3)20-18/h10-12,19H,4-9,13-16H2,1-3H3. The molecule has 120 valence electrons. The van der Waals surface area contributed by atoms with Gasteiger partial charge in [0.15, 0.2) is 0 Å². The number of nitrogens with zero attached hydrogens (tertiary/aromatic N) is 2. The molecule has 0 unspecified atom stereocenters. The quantitative estimate of drug-likeness (QED) is 0.594. The first-order valence-corrected chi connectivity index (χ1v) is 8.61. The van der Waals surface area contributed by atoms with Gasteiger partial charge in [0.2, 0.25) is 0 Å². The van der Waals surface area contributed by atoms with Crippen LogP contribution in [0.3, 0.4) is 0 Å². The van der Waals surface area contributed by atoms with Crippen LogP contribution in [-0.4, -0.2) is 36.1 Å². The second kappa shape index (κ2) is 11.7. The summed E-state index contributed by atoms with van der Waals surface area (Å²) in [6.07, 6.45) is 6.53. The molecule has 1 heterocycles. The first kappa shape index (κ1) is 18.1. The van der Waals surface area contributed by atoms with Gasteiger partial charge in [-0.05, 0) is 64.5 Å². The van der Waals surface area contributed by atoms with Gasteiger partial charge < -0.3 is 5.32 Å². The predicted molar refractivity (Wildman–Crippen MR) is 91.6 cm³/mol. The van der Waals surface area contributed by atoms with Gasteiger partial charge in [-0.1, -0.05) is 32.8 Å². The maximum absolute atomic E-state index is 4.60. The Morgan fingerprint density at radius 3 is 2.57 bits per heavy atom. The highest BCUT2D eigenvalue weighted by Crippen LogP contribution is 2.06. The molecule has 0 saturated carbocycles. The third kappa shape index (κ3) is 8.84. The van der Waals surface area contributed by atoms with Crippen molar-refractivity contribution in [3.05, 3.63) is 29.6 Å². The van der Waals surface area contributed by atoms with Crippen LogP contribution in [0.4, 0.5) is 0 Å². The Kier molecular flexibility index (Phi) is 10.1. The summed E-state index contributed by atoms with van der Waals surface area (Å²) in [5.41, 5.74) is 2.31. The van der Waals surface area contributed by atoms with Gasteiger partial charge >= 0.3 is 0 Å². The molecule has 3 nitrogen and oxygen atoms in total. The summed E-state index contributed by atoms with van der Waals surface area (Å²) >= 11 is 0. The summed E-state index contributed by atoms with van der Waals surface area (Å²) in [6, 6.07) is 6.30. The van der Waals surface area contributed by atoms with E-state index in [0.717, 1.165) is 25.3 Å². The molecular formula is C18H33N3. The van der Waals surface area contributed by atoms with E-state index in [-0.39, 0.29) is 0 Å². The Balaban J connectivity index is 2.11. The van der Waals surface area contributed by atoms with Crippen molar-refractivity contribution < 1.29 is 0 Å². The van der Waals surface area contributed by atoms with E-state index in [2.05, 4.69) is 54.2 Å². The van der Waals surface area contributed by atoms with E-state index in [4.69, 9.17) is 0 Å². The Labute approximate surface area is 131 Å². The van der Waals surface area contributed by atoms with E-state index in [9.17, 15) is 0 Å². The SMILES string of the molecule is CCCNCCCCCCN(CC)Cc1cccc(C)n1. The van der Waals surface area contributed by atoms with E-state index in [0.29, 0.717) is 0 Å². The van der Waals surface area contributed by atoms with E-state index in [1.807, 2.05) is 0 Å². The molecule has 21 heavy (non-hydrogen) atoms. The molecule has 0 aromatic carbocycles. The highest BCUT2D eigenvalue weighted by Gasteiger charge is 2.04. The molecule has 1 rings (SSSR count).